The highest BCUT2D eigenvalue weighted by molar-refractivity contribution is 5.93. The maximum absolute atomic E-state index is 13.1. The predicted octanol–water partition coefficient (Wildman–Crippen LogP) is 2.85. The van der Waals surface area contributed by atoms with E-state index < -0.39 is 0 Å². The molecule has 1 aromatic heterocycles. The zero-order valence-electron chi connectivity index (χ0n) is 12.2. The number of amides is 1. The van der Waals surface area contributed by atoms with Crippen LogP contribution in [0.4, 0.5) is 4.39 Å². The van der Waals surface area contributed by atoms with Crippen LogP contribution in [0.25, 0.3) is 0 Å². The molecule has 0 spiro atoms. The summed E-state index contributed by atoms with van der Waals surface area (Å²) in [5.41, 5.74) is 1.73. The van der Waals surface area contributed by atoms with Crippen molar-refractivity contribution < 1.29 is 9.18 Å². The quantitative estimate of drug-likeness (QED) is 0.758. The number of carbonyl (C=O) groups excluding carboxylic acids is 1. The Kier molecular flexibility index (Phi) is 3.88. The molecule has 0 aliphatic carbocycles. The Bertz CT molecular complexity index is 759. The van der Waals surface area contributed by atoms with Gasteiger partial charge in [-0.2, -0.15) is 0 Å². The lowest BCUT2D eigenvalue weighted by molar-refractivity contribution is 0.0496. The van der Waals surface area contributed by atoms with Crippen molar-refractivity contribution in [1.29, 1.82) is 0 Å². The fraction of sp³-hybridized carbons (Fsp3) is 0.222. The molecular weight excluding hydrogens is 279 g/mol. The van der Waals surface area contributed by atoms with Crippen molar-refractivity contribution in [2.45, 2.75) is 19.4 Å². The number of hydrogen-bond donors (Lipinski definition) is 0. The van der Waals surface area contributed by atoms with Gasteiger partial charge in [-0.1, -0.05) is 17.9 Å². The Morgan fingerprint density at radius 3 is 2.68 bits per heavy atom. The number of benzene rings is 1. The number of nitrogens with zero attached hydrogens (tertiary/aromatic N) is 2. The molecule has 1 aromatic carbocycles. The molecule has 1 unspecified atom stereocenters. The van der Waals surface area contributed by atoms with Gasteiger partial charge in [0.25, 0.3) is 5.91 Å². The minimum Gasteiger partial charge on any atom is -0.334 e. The second kappa shape index (κ2) is 5.98. The average molecular weight is 294 g/mol. The topological polar surface area (TPSA) is 33.2 Å². The molecule has 2 aromatic rings. The van der Waals surface area contributed by atoms with Crippen LogP contribution in [0.15, 0.2) is 42.6 Å². The standard InChI is InChI=1S/C18H15FN2O/c1-13-9-10-21(13)18(22)17-8-7-15(12-20-17)6-5-14-3-2-4-16(19)11-14/h2-4,7-8,11-13H,9-10H2,1H3. The molecule has 3 rings (SSSR count). The van der Waals surface area contributed by atoms with Gasteiger partial charge in [-0.3, -0.25) is 4.79 Å². The van der Waals surface area contributed by atoms with Crippen LogP contribution in [-0.2, 0) is 0 Å². The van der Waals surface area contributed by atoms with Crippen LogP contribution in [0.3, 0.4) is 0 Å². The molecule has 22 heavy (non-hydrogen) atoms. The molecule has 1 atom stereocenters. The number of likely N-dealkylation sites (tertiary alicyclic amines) is 1. The lowest BCUT2D eigenvalue weighted by Crippen LogP contribution is -2.49. The predicted molar refractivity (Wildman–Crippen MR) is 81.7 cm³/mol. The third-order valence-corrected chi connectivity index (χ3v) is 3.74. The molecule has 0 saturated carbocycles. The Labute approximate surface area is 128 Å². The van der Waals surface area contributed by atoms with Crippen LogP contribution in [0.5, 0.6) is 0 Å². The first-order chi connectivity index (χ1) is 10.6. The van der Waals surface area contributed by atoms with Gasteiger partial charge in [0.2, 0.25) is 0 Å². The van der Waals surface area contributed by atoms with Gasteiger partial charge >= 0.3 is 0 Å². The van der Waals surface area contributed by atoms with Crippen molar-refractivity contribution >= 4 is 5.91 Å². The van der Waals surface area contributed by atoms with Crippen molar-refractivity contribution in [2.75, 3.05) is 6.54 Å². The average Bonchev–Trinajstić information content (AvgIpc) is 2.52. The van der Waals surface area contributed by atoms with E-state index >= 15 is 0 Å². The van der Waals surface area contributed by atoms with Crippen LogP contribution >= 0.6 is 0 Å². The maximum Gasteiger partial charge on any atom is 0.272 e. The van der Waals surface area contributed by atoms with E-state index in [1.807, 2.05) is 6.92 Å². The Morgan fingerprint density at radius 1 is 1.27 bits per heavy atom. The van der Waals surface area contributed by atoms with Gasteiger partial charge in [-0.15, -0.1) is 0 Å². The first-order valence-electron chi connectivity index (χ1n) is 7.18. The smallest absolute Gasteiger partial charge is 0.272 e. The summed E-state index contributed by atoms with van der Waals surface area (Å²) in [5.74, 6) is 5.44. The van der Waals surface area contributed by atoms with E-state index in [1.165, 1.54) is 12.1 Å². The number of pyridine rings is 1. The van der Waals surface area contributed by atoms with Gasteiger partial charge < -0.3 is 4.90 Å². The highest BCUT2D eigenvalue weighted by Crippen LogP contribution is 2.18. The molecule has 4 heteroatoms. The number of aromatic nitrogens is 1. The third kappa shape index (κ3) is 2.99. The molecule has 0 N–H and O–H groups in total. The zero-order chi connectivity index (χ0) is 15.5. The van der Waals surface area contributed by atoms with Gasteiger partial charge in [0.1, 0.15) is 11.5 Å². The van der Waals surface area contributed by atoms with Crippen molar-refractivity contribution in [1.82, 2.24) is 9.88 Å². The van der Waals surface area contributed by atoms with Crippen molar-refractivity contribution in [3.05, 3.63) is 65.2 Å². The van der Waals surface area contributed by atoms with E-state index in [9.17, 15) is 9.18 Å². The molecule has 1 amide bonds. The van der Waals surface area contributed by atoms with Crippen molar-refractivity contribution in [3.63, 3.8) is 0 Å². The first-order valence-corrected chi connectivity index (χ1v) is 7.18. The van der Waals surface area contributed by atoms with E-state index in [0.29, 0.717) is 22.9 Å². The molecule has 3 nitrogen and oxygen atoms in total. The number of halogens is 1. The monoisotopic (exact) mass is 294 g/mol. The summed E-state index contributed by atoms with van der Waals surface area (Å²) in [7, 11) is 0. The van der Waals surface area contributed by atoms with E-state index in [1.54, 1.807) is 35.4 Å². The summed E-state index contributed by atoms with van der Waals surface area (Å²) in [6, 6.07) is 9.86. The van der Waals surface area contributed by atoms with Crippen molar-refractivity contribution in [3.8, 4) is 11.8 Å². The zero-order valence-corrected chi connectivity index (χ0v) is 12.2. The number of hydrogen-bond acceptors (Lipinski definition) is 2. The van der Waals surface area contributed by atoms with Crippen LogP contribution in [0.2, 0.25) is 0 Å². The van der Waals surface area contributed by atoms with Crippen LogP contribution in [0, 0.1) is 17.7 Å². The van der Waals surface area contributed by atoms with E-state index in [2.05, 4.69) is 16.8 Å². The van der Waals surface area contributed by atoms with Gasteiger partial charge in [0.05, 0.1) is 0 Å². The SMILES string of the molecule is CC1CCN1C(=O)c1ccc(C#Cc2cccc(F)c2)cn1. The minimum absolute atomic E-state index is 0.0385. The van der Waals surface area contributed by atoms with Gasteiger partial charge in [-0.25, -0.2) is 9.37 Å². The Hall–Kier alpha value is -2.67. The number of rotatable bonds is 1. The summed E-state index contributed by atoms with van der Waals surface area (Å²) in [6.45, 7) is 2.82. The van der Waals surface area contributed by atoms with Gasteiger partial charge in [0.15, 0.2) is 0 Å². The normalized spacial score (nSPS) is 16.5. The van der Waals surface area contributed by atoms with Crippen LogP contribution in [-0.4, -0.2) is 28.4 Å². The molecule has 1 fully saturated rings. The summed E-state index contributed by atoms with van der Waals surface area (Å²) < 4.78 is 13.1. The van der Waals surface area contributed by atoms with E-state index in [-0.39, 0.29) is 11.7 Å². The minimum atomic E-state index is -0.311. The molecule has 110 valence electrons. The van der Waals surface area contributed by atoms with Gasteiger partial charge in [0, 0.05) is 29.9 Å². The fourth-order valence-corrected chi connectivity index (χ4v) is 2.27. The Morgan fingerprint density at radius 2 is 2.09 bits per heavy atom. The second-order valence-electron chi connectivity index (χ2n) is 5.33. The molecule has 1 aliphatic rings. The van der Waals surface area contributed by atoms with E-state index in [0.717, 1.165) is 13.0 Å². The Balaban J connectivity index is 1.73. The molecule has 2 heterocycles. The highest BCUT2D eigenvalue weighted by Gasteiger charge is 2.29. The molecule has 0 bridgehead atoms. The van der Waals surface area contributed by atoms with Gasteiger partial charge in [-0.05, 0) is 43.7 Å². The van der Waals surface area contributed by atoms with Crippen LogP contribution in [0.1, 0.15) is 35.0 Å². The summed E-state index contributed by atoms with van der Waals surface area (Å²) in [6.07, 6.45) is 2.62. The number of carbonyl (C=O) groups is 1. The highest BCUT2D eigenvalue weighted by atomic mass is 19.1. The molecule has 0 radical (unpaired) electrons. The summed E-state index contributed by atoms with van der Waals surface area (Å²) >= 11 is 0. The lowest BCUT2D eigenvalue weighted by Gasteiger charge is -2.38. The summed E-state index contributed by atoms with van der Waals surface area (Å²) in [4.78, 5) is 18.1. The van der Waals surface area contributed by atoms with E-state index in [4.69, 9.17) is 0 Å². The molecular formula is C18H15FN2O. The summed E-state index contributed by atoms with van der Waals surface area (Å²) in [5, 5.41) is 0. The maximum atomic E-state index is 13.1. The third-order valence-electron chi connectivity index (χ3n) is 3.74. The second-order valence-corrected chi connectivity index (χ2v) is 5.33. The van der Waals surface area contributed by atoms with Crippen molar-refractivity contribution in [2.24, 2.45) is 0 Å². The van der Waals surface area contributed by atoms with Crippen LogP contribution < -0.4 is 0 Å². The fourth-order valence-electron chi connectivity index (χ4n) is 2.27. The largest absolute Gasteiger partial charge is 0.334 e. The first kappa shape index (κ1) is 14.3. The molecule has 1 aliphatic heterocycles. The molecule has 1 saturated heterocycles. The lowest BCUT2D eigenvalue weighted by atomic mass is 10.0.